The summed E-state index contributed by atoms with van der Waals surface area (Å²) in [6, 6.07) is 10.5. The van der Waals surface area contributed by atoms with Gasteiger partial charge in [0.05, 0.1) is 22.8 Å². The Hall–Kier alpha value is -3.13. The van der Waals surface area contributed by atoms with E-state index in [1.807, 2.05) is 0 Å². The van der Waals surface area contributed by atoms with Crippen molar-refractivity contribution < 1.29 is 18.4 Å². The maximum atomic E-state index is 14.2. The second-order valence-corrected chi connectivity index (χ2v) is 8.35. The van der Waals surface area contributed by atoms with Gasteiger partial charge in [-0.3, -0.25) is 4.57 Å². The lowest BCUT2D eigenvalue weighted by Crippen LogP contribution is -2.39. The Morgan fingerprint density at radius 2 is 1.97 bits per heavy atom. The van der Waals surface area contributed by atoms with Crippen molar-refractivity contribution in [3.8, 4) is 0 Å². The van der Waals surface area contributed by atoms with Crippen LogP contribution in [-0.2, 0) is 6.42 Å². The number of nitrogens with zero attached hydrogens (tertiary/aromatic N) is 2. The van der Waals surface area contributed by atoms with Crippen LogP contribution in [-0.4, -0.2) is 40.3 Å². The second kappa shape index (κ2) is 9.16. The molecule has 0 saturated carbocycles. The van der Waals surface area contributed by atoms with E-state index >= 15 is 0 Å². The van der Waals surface area contributed by atoms with Gasteiger partial charge >= 0.3 is 12.1 Å². The molecular weight excluding hydrogens is 438 g/mol. The SMILES string of the molecule is NC(=O)n1cc(NC(=O)N2C[C@H](F)C[C@H]2CCCc2cccc(Cl)c2F)c2ccccc21. The van der Waals surface area contributed by atoms with Gasteiger partial charge in [0, 0.05) is 24.0 Å². The highest BCUT2D eigenvalue weighted by molar-refractivity contribution is 6.30. The average molecular weight is 461 g/mol. The number of benzene rings is 2. The standard InChI is InChI=1S/C23H23ClF2N4O2/c24-18-9-4-6-14(21(18)26)5-3-7-16-11-15(25)12-29(16)23(32)28-19-13-30(22(27)31)20-10-2-1-8-17(19)20/h1-2,4,6,8-10,13,15-16H,3,5,7,11-12H2,(H2,27,31)(H,28,32)/t15-,16-/m1/s1. The van der Waals surface area contributed by atoms with Crippen molar-refractivity contribution in [3.63, 3.8) is 0 Å². The normalized spacial score (nSPS) is 18.3. The smallest absolute Gasteiger partial charge is 0.323 e. The molecule has 3 N–H and O–H groups in total. The number of likely N-dealkylation sites (tertiary alicyclic amines) is 1. The first-order chi connectivity index (χ1) is 15.3. The monoisotopic (exact) mass is 460 g/mol. The molecule has 0 bridgehead atoms. The van der Waals surface area contributed by atoms with Gasteiger partial charge in [0.1, 0.15) is 12.0 Å². The van der Waals surface area contributed by atoms with Crippen LogP contribution < -0.4 is 11.1 Å². The van der Waals surface area contributed by atoms with Crippen molar-refractivity contribution in [1.29, 1.82) is 0 Å². The number of urea groups is 1. The highest BCUT2D eigenvalue weighted by atomic mass is 35.5. The number of hydrogen-bond acceptors (Lipinski definition) is 2. The molecule has 1 saturated heterocycles. The number of halogens is 3. The molecule has 2 heterocycles. The number of anilines is 1. The van der Waals surface area contributed by atoms with Crippen molar-refractivity contribution in [2.75, 3.05) is 11.9 Å². The predicted molar refractivity (Wildman–Crippen MR) is 120 cm³/mol. The molecule has 0 aliphatic carbocycles. The topological polar surface area (TPSA) is 80.4 Å². The zero-order valence-corrected chi connectivity index (χ0v) is 18.0. The van der Waals surface area contributed by atoms with E-state index in [2.05, 4.69) is 5.32 Å². The van der Waals surface area contributed by atoms with Crippen molar-refractivity contribution in [2.24, 2.45) is 5.73 Å². The van der Waals surface area contributed by atoms with Gasteiger partial charge < -0.3 is 16.0 Å². The van der Waals surface area contributed by atoms with Gasteiger partial charge in [-0.1, -0.05) is 41.9 Å². The summed E-state index contributed by atoms with van der Waals surface area (Å²) in [7, 11) is 0. The largest absolute Gasteiger partial charge is 0.351 e. The van der Waals surface area contributed by atoms with Gasteiger partial charge in [-0.25, -0.2) is 18.4 Å². The number of aryl methyl sites for hydroxylation is 1. The van der Waals surface area contributed by atoms with E-state index in [0.29, 0.717) is 41.4 Å². The van der Waals surface area contributed by atoms with E-state index < -0.39 is 24.1 Å². The molecule has 0 unspecified atom stereocenters. The molecule has 1 aromatic heterocycles. The number of aromatic nitrogens is 1. The Morgan fingerprint density at radius 1 is 1.19 bits per heavy atom. The molecule has 3 amide bonds. The number of para-hydroxylation sites is 1. The number of hydrogen-bond donors (Lipinski definition) is 2. The van der Waals surface area contributed by atoms with Gasteiger partial charge in [0.2, 0.25) is 0 Å². The number of amides is 3. The van der Waals surface area contributed by atoms with Crippen molar-refractivity contribution in [1.82, 2.24) is 9.47 Å². The third kappa shape index (κ3) is 4.41. The van der Waals surface area contributed by atoms with Crippen molar-refractivity contribution in [2.45, 2.75) is 37.9 Å². The first-order valence-electron chi connectivity index (χ1n) is 10.4. The van der Waals surface area contributed by atoms with Crippen LogP contribution in [0.15, 0.2) is 48.7 Å². The van der Waals surface area contributed by atoms with Crippen LogP contribution in [0, 0.1) is 5.82 Å². The van der Waals surface area contributed by atoms with E-state index in [1.165, 1.54) is 21.7 Å². The molecule has 1 aliphatic heterocycles. The summed E-state index contributed by atoms with van der Waals surface area (Å²) in [4.78, 5) is 26.2. The Balaban J connectivity index is 1.45. The Morgan fingerprint density at radius 3 is 2.75 bits per heavy atom. The van der Waals surface area contributed by atoms with E-state index in [0.717, 1.165) is 0 Å². The van der Waals surface area contributed by atoms with Crippen LogP contribution in [0.1, 0.15) is 24.8 Å². The van der Waals surface area contributed by atoms with E-state index in [9.17, 15) is 18.4 Å². The highest BCUT2D eigenvalue weighted by Crippen LogP contribution is 2.29. The van der Waals surface area contributed by atoms with Gasteiger partial charge in [-0.05, 0) is 37.0 Å². The molecule has 4 rings (SSSR count). The maximum Gasteiger partial charge on any atom is 0.323 e. The van der Waals surface area contributed by atoms with Crippen LogP contribution in [0.3, 0.4) is 0 Å². The second-order valence-electron chi connectivity index (χ2n) is 7.94. The fourth-order valence-electron chi connectivity index (χ4n) is 4.30. The van der Waals surface area contributed by atoms with Crippen molar-refractivity contribution >= 4 is 40.3 Å². The van der Waals surface area contributed by atoms with Crippen LogP contribution >= 0.6 is 11.6 Å². The summed E-state index contributed by atoms with van der Waals surface area (Å²) in [6.07, 6.45) is 2.13. The minimum atomic E-state index is -1.12. The Kier molecular flexibility index (Phi) is 6.32. The molecule has 6 nitrogen and oxygen atoms in total. The lowest BCUT2D eigenvalue weighted by molar-refractivity contribution is 0.201. The summed E-state index contributed by atoms with van der Waals surface area (Å²) in [5, 5.41) is 3.52. The minimum absolute atomic E-state index is 0.0174. The van der Waals surface area contributed by atoms with Crippen LogP contribution in [0.25, 0.3) is 10.9 Å². The molecule has 2 aromatic carbocycles. The van der Waals surface area contributed by atoms with E-state index in [4.69, 9.17) is 17.3 Å². The summed E-state index contributed by atoms with van der Waals surface area (Å²) >= 11 is 5.83. The number of carbonyl (C=O) groups excluding carboxylic acids is 2. The maximum absolute atomic E-state index is 14.2. The van der Waals surface area contributed by atoms with Crippen LogP contribution in [0.4, 0.5) is 24.1 Å². The zero-order chi connectivity index (χ0) is 22.8. The number of nitrogens with two attached hydrogens (primary N) is 1. The Labute approximate surface area is 188 Å². The molecule has 9 heteroatoms. The summed E-state index contributed by atoms with van der Waals surface area (Å²) in [5.74, 6) is -0.440. The average Bonchev–Trinajstić information content (AvgIpc) is 3.32. The molecule has 1 aliphatic rings. The van der Waals surface area contributed by atoms with Gasteiger partial charge in [-0.15, -0.1) is 0 Å². The van der Waals surface area contributed by atoms with E-state index in [-0.39, 0.29) is 24.0 Å². The van der Waals surface area contributed by atoms with Crippen LogP contribution in [0.2, 0.25) is 5.02 Å². The lowest BCUT2D eigenvalue weighted by Gasteiger charge is -2.24. The third-order valence-electron chi connectivity index (χ3n) is 5.83. The summed E-state index contributed by atoms with van der Waals surface area (Å²) in [5.41, 5.74) is 6.92. The number of nitrogens with one attached hydrogen (secondary N) is 1. The molecule has 2 atom stereocenters. The Bertz CT molecular complexity index is 1170. The lowest BCUT2D eigenvalue weighted by atomic mass is 10.0. The predicted octanol–water partition coefficient (Wildman–Crippen LogP) is 5.33. The molecule has 32 heavy (non-hydrogen) atoms. The molecule has 168 valence electrons. The number of primary amides is 1. The van der Waals surface area contributed by atoms with Crippen LogP contribution in [0.5, 0.6) is 0 Å². The molecule has 1 fully saturated rings. The van der Waals surface area contributed by atoms with E-state index in [1.54, 1.807) is 36.4 Å². The number of fused-ring (bicyclic) bond motifs is 1. The third-order valence-corrected chi connectivity index (χ3v) is 6.12. The molecule has 0 radical (unpaired) electrons. The van der Waals surface area contributed by atoms with Gasteiger partial charge in [0.25, 0.3) is 0 Å². The first-order valence-corrected chi connectivity index (χ1v) is 10.8. The fourth-order valence-corrected chi connectivity index (χ4v) is 4.49. The quantitative estimate of drug-likeness (QED) is 0.539. The first kappa shape index (κ1) is 22.1. The molecular formula is C23H23ClF2N4O2. The zero-order valence-electron chi connectivity index (χ0n) is 17.2. The summed E-state index contributed by atoms with van der Waals surface area (Å²) < 4.78 is 29.5. The molecule has 0 spiro atoms. The fraction of sp³-hybridized carbons (Fsp3) is 0.304. The molecule has 3 aromatic rings. The highest BCUT2D eigenvalue weighted by Gasteiger charge is 2.35. The van der Waals surface area contributed by atoms with Crippen molar-refractivity contribution in [3.05, 3.63) is 65.1 Å². The summed E-state index contributed by atoms with van der Waals surface area (Å²) in [6.45, 7) is -0.0174. The minimum Gasteiger partial charge on any atom is -0.351 e. The number of alkyl halides is 1. The van der Waals surface area contributed by atoms with Gasteiger partial charge in [-0.2, -0.15) is 0 Å². The number of rotatable bonds is 5. The number of carbonyl (C=O) groups is 2. The van der Waals surface area contributed by atoms with Gasteiger partial charge in [0.15, 0.2) is 0 Å².